The molecular weight excluding hydrogens is 173 g/mol. The van der Waals surface area contributed by atoms with E-state index in [1.807, 2.05) is 11.8 Å². The first kappa shape index (κ1) is 10.4. The Labute approximate surface area is 77.5 Å². The minimum absolute atomic E-state index is 0.200. The fraction of sp³-hybridized carbons (Fsp3) is 0.889. The molecule has 1 saturated heterocycles. The molecule has 1 rings (SSSR count). The number of hydrogen-bond donors (Lipinski definition) is 1. The number of hydrogen-bond acceptors (Lipinski definition) is 2. The maximum atomic E-state index is 12.0. The molecule has 0 aliphatic carbocycles. The molecule has 76 valence electrons. The highest BCUT2D eigenvalue weighted by Gasteiger charge is 2.28. The normalized spacial score (nSPS) is 30.3. The highest BCUT2D eigenvalue weighted by Crippen LogP contribution is 2.22. The van der Waals surface area contributed by atoms with Gasteiger partial charge in [-0.2, -0.15) is 0 Å². The fourth-order valence-electron chi connectivity index (χ4n) is 1.89. The van der Waals surface area contributed by atoms with Crippen LogP contribution in [0.5, 0.6) is 0 Å². The third-order valence-electron chi connectivity index (χ3n) is 2.73. The third kappa shape index (κ3) is 2.66. The van der Waals surface area contributed by atoms with E-state index in [1.165, 1.54) is 0 Å². The highest BCUT2D eigenvalue weighted by atomic mass is 19.1. The van der Waals surface area contributed by atoms with Crippen molar-refractivity contribution in [2.24, 2.45) is 5.92 Å². The smallest absolute Gasteiger partial charge is 0.306 e. The van der Waals surface area contributed by atoms with E-state index in [4.69, 9.17) is 5.11 Å². The number of carboxylic acid groups (broad SMARTS) is 1. The van der Waals surface area contributed by atoms with Gasteiger partial charge in [0, 0.05) is 12.6 Å². The van der Waals surface area contributed by atoms with E-state index < -0.39 is 5.97 Å². The second-order valence-corrected chi connectivity index (χ2v) is 3.63. The van der Waals surface area contributed by atoms with Crippen molar-refractivity contribution in [3.63, 3.8) is 0 Å². The van der Waals surface area contributed by atoms with Crippen molar-refractivity contribution in [1.82, 2.24) is 4.90 Å². The van der Waals surface area contributed by atoms with E-state index in [-0.39, 0.29) is 18.6 Å². The van der Waals surface area contributed by atoms with Gasteiger partial charge in [-0.15, -0.1) is 0 Å². The number of carboxylic acids is 1. The van der Waals surface area contributed by atoms with Crippen LogP contribution < -0.4 is 0 Å². The van der Waals surface area contributed by atoms with Crippen LogP contribution >= 0.6 is 0 Å². The van der Waals surface area contributed by atoms with Crippen molar-refractivity contribution in [2.75, 3.05) is 19.8 Å². The maximum Gasteiger partial charge on any atom is 0.306 e. The van der Waals surface area contributed by atoms with E-state index in [0.29, 0.717) is 25.9 Å². The molecule has 3 nitrogen and oxygen atoms in total. The first-order valence-corrected chi connectivity index (χ1v) is 4.68. The summed E-state index contributed by atoms with van der Waals surface area (Å²) in [5, 5.41) is 8.78. The molecule has 1 aliphatic rings. The number of likely N-dealkylation sites (tertiary alicyclic amines) is 1. The Kier molecular flexibility index (Phi) is 3.66. The van der Waals surface area contributed by atoms with Crippen molar-refractivity contribution in [1.29, 1.82) is 0 Å². The monoisotopic (exact) mass is 189 g/mol. The van der Waals surface area contributed by atoms with Crippen LogP contribution in [0, 0.1) is 5.92 Å². The molecule has 0 aromatic carbocycles. The molecule has 0 radical (unpaired) electrons. The lowest BCUT2D eigenvalue weighted by Gasteiger charge is -2.35. The molecule has 0 aromatic rings. The first-order chi connectivity index (χ1) is 6.15. The highest BCUT2D eigenvalue weighted by molar-refractivity contribution is 5.70. The molecule has 4 heteroatoms. The Morgan fingerprint density at radius 1 is 1.69 bits per heavy atom. The quantitative estimate of drug-likeness (QED) is 0.723. The summed E-state index contributed by atoms with van der Waals surface area (Å²) in [5.41, 5.74) is 0. The van der Waals surface area contributed by atoms with Crippen LogP contribution in [0.2, 0.25) is 0 Å². The topological polar surface area (TPSA) is 40.5 Å². The lowest BCUT2D eigenvalue weighted by Crippen LogP contribution is -2.43. The largest absolute Gasteiger partial charge is 0.481 e. The summed E-state index contributed by atoms with van der Waals surface area (Å²) in [6.45, 7) is 2.77. The Hall–Kier alpha value is -0.640. The summed E-state index contributed by atoms with van der Waals surface area (Å²) < 4.78 is 12.0. The zero-order valence-corrected chi connectivity index (χ0v) is 7.87. The predicted molar refractivity (Wildman–Crippen MR) is 47.4 cm³/mol. The molecule has 0 aromatic heterocycles. The second kappa shape index (κ2) is 4.56. The van der Waals surface area contributed by atoms with Crippen LogP contribution in [-0.4, -0.2) is 41.8 Å². The number of nitrogens with zero attached hydrogens (tertiary/aromatic N) is 1. The number of rotatable bonds is 3. The van der Waals surface area contributed by atoms with Crippen LogP contribution in [0.3, 0.4) is 0 Å². The second-order valence-electron chi connectivity index (χ2n) is 3.63. The summed E-state index contributed by atoms with van der Waals surface area (Å²) >= 11 is 0. The third-order valence-corrected chi connectivity index (χ3v) is 2.73. The Morgan fingerprint density at radius 3 is 2.85 bits per heavy atom. The fourth-order valence-corrected chi connectivity index (χ4v) is 1.89. The summed E-state index contributed by atoms with van der Waals surface area (Å²) in [7, 11) is 0. The van der Waals surface area contributed by atoms with Crippen LogP contribution in [0.25, 0.3) is 0 Å². The van der Waals surface area contributed by atoms with Gasteiger partial charge < -0.3 is 5.11 Å². The van der Waals surface area contributed by atoms with Gasteiger partial charge in [0.05, 0.1) is 5.92 Å². The van der Waals surface area contributed by atoms with E-state index in [2.05, 4.69) is 0 Å². The molecule has 1 heterocycles. The molecule has 0 saturated carbocycles. The maximum absolute atomic E-state index is 12.0. The first-order valence-electron chi connectivity index (χ1n) is 4.68. The minimum Gasteiger partial charge on any atom is -0.481 e. The molecule has 1 aliphatic heterocycles. The lowest BCUT2D eigenvalue weighted by atomic mass is 9.92. The lowest BCUT2D eigenvalue weighted by molar-refractivity contribution is -0.144. The van der Waals surface area contributed by atoms with E-state index >= 15 is 0 Å². The van der Waals surface area contributed by atoms with E-state index in [1.54, 1.807) is 0 Å². The average Bonchev–Trinajstić information content (AvgIpc) is 2.08. The molecule has 0 spiro atoms. The number of carbonyl (C=O) groups is 1. The van der Waals surface area contributed by atoms with Crippen LogP contribution in [-0.2, 0) is 4.79 Å². The number of piperidine rings is 1. The van der Waals surface area contributed by atoms with Gasteiger partial charge in [-0.25, -0.2) is 4.39 Å². The molecule has 13 heavy (non-hydrogen) atoms. The van der Waals surface area contributed by atoms with Gasteiger partial charge in [-0.05, 0) is 26.3 Å². The van der Waals surface area contributed by atoms with Gasteiger partial charge in [-0.3, -0.25) is 9.69 Å². The zero-order chi connectivity index (χ0) is 9.84. The number of halogens is 1. The Morgan fingerprint density at radius 2 is 2.38 bits per heavy atom. The van der Waals surface area contributed by atoms with Gasteiger partial charge in [0.25, 0.3) is 0 Å². The predicted octanol–water partition coefficient (Wildman–Crippen LogP) is 1.14. The van der Waals surface area contributed by atoms with Crippen molar-refractivity contribution in [3.8, 4) is 0 Å². The van der Waals surface area contributed by atoms with Crippen molar-refractivity contribution in [2.45, 2.75) is 25.8 Å². The standard InChI is InChI=1S/C9H16FNO2/c1-7-6-8(9(12)13)2-4-11(7)5-3-10/h7-8H,2-6H2,1H3,(H,12,13). The van der Waals surface area contributed by atoms with Crippen molar-refractivity contribution < 1.29 is 14.3 Å². The molecule has 0 bridgehead atoms. The SMILES string of the molecule is CC1CC(C(=O)O)CCN1CCF. The Balaban J connectivity index is 2.41. The molecule has 1 N–H and O–H groups in total. The van der Waals surface area contributed by atoms with Crippen LogP contribution in [0.4, 0.5) is 4.39 Å². The summed E-state index contributed by atoms with van der Waals surface area (Å²) in [5.74, 6) is -0.947. The van der Waals surface area contributed by atoms with Gasteiger partial charge in [-0.1, -0.05) is 0 Å². The number of alkyl halides is 1. The Bertz CT molecular complexity index is 186. The van der Waals surface area contributed by atoms with Gasteiger partial charge in [0.2, 0.25) is 0 Å². The van der Waals surface area contributed by atoms with Crippen molar-refractivity contribution in [3.05, 3.63) is 0 Å². The van der Waals surface area contributed by atoms with Gasteiger partial charge >= 0.3 is 5.97 Å². The summed E-state index contributed by atoms with van der Waals surface area (Å²) in [6.07, 6.45) is 1.30. The molecule has 0 amide bonds. The molecule has 1 fully saturated rings. The summed E-state index contributed by atoms with van der Waals surface area (Å²) in [6, 6.07) is 0.200. The zero-order valence-electron chi connectivity index (χ0n) is 7.87. The summed E-state index contributed by atoms with van der Waals surface area (Å²) in [4.78, 5) is 12.7. The number of aliphatic carboxylic acids is 1. The van der Waals surface area contributed by atoms with Gasteiger partial charge in [0.15, 0.2) is 0 Å². The average molecular weight is 189 g/mol. The van der Waals surface area contributed by atoms with Crippen molar-refractivity contribution >= 4 is 5.97 Å². The molecule has 2 atom stereocenters. The minimum atomic E-state index is -0.716. The van der Waals surface area contributed by atoms with Gasteiger partial charge in [0.1, 0.15) is 6.67 Å². The molecular formula is C9H16FNO2. The van der Waals surface area contributed by atoms with E-state index in [0.717, 1.165) is 0 Å². The van der Waals surface area contributed by atoms with E-state index in [9.17, 15) is 9.18 Å². The van der Waals surface area contributed by atoms with Crippen LogP contribution in [0.15, 0.2) is 0 Å². The molecule has 2 unspecified atom stereocenters. The van der Waals surface area contributed by atoms with Crippen LogP contribution in [0.1, 0.15) is 19.8 Å².